The number of nitrogens with zero attached hydrogens (tertiary/aromatic N) is 2. The van der Waals surface area contributed by atoms with Gasteiger partial charge < -0.3 is 9.47 Å². The molecule has 0 N–H and O–H groups in total. The minimum absolute atomic E-state index is 0.157. The molecule has 0 spiro atoms. The highest BCUT2D eigenvalue weighted by molar-refractivity contribution is 5.81. The van der Waals surface area contributed by atoms with Crippen LogP contribution in [-0.4, -0.2) is 36.1 Å². The van der Waals surface area contributed by atoms with E-state index in [0.717, 1.165) is 12.5 Å². The van der Waals surface area contributed by atoms with Crippen LogP contribution in [0.25, 0.3) is 11.1 Å². The first-order valence-electron chi connectivity index (χ1n) is 6.79. The molecule has 0 bridgehead atoms. The zero-order chi connectivity index (χ0) is 16.9. The predicted octanol–water partition coefficient (Wildman–Crippen LogP) is 3.30. The molecule has 0 amide bonds. The molecule has 8 heteroatoms. The van der Waals surface area contributed by atoms with E-state index in [0.29, 0.717) is 25.0 Å². The van der Waals surface area contributed by atoms with Gasteiger partial charge in [0.25, 0.3) is 0 Å². The van der Waals surface area contributed by atoms with E-state index in [9.17, 15) is 18.0 Å². The van der Waals surface area contributed by atoms with Crippen molar-refractivity contribution in [1.82, 2.24) is 9.78 Å². The first kappa shape index (κ1) is 17.0. The molecule has 124 valence electrons. The average molecular weight is 328 g/mol. The van der Waals surface area contributed by atoms with Crippen LogP contribution in [0.4, 0.5) is 13.2 Å². The van der Waals surface area contributed by atoms with Gasteiger partial charge >= 0.3 is 6.36 Å². The third-order valence-electron chi connectivity index (χ3n) is 3.05. The van der Waals surface area contributed by atoms with Gasteiger partial charge in [0.2, 0.25) is 0 Å². The third-order valence-corrected chi connectivity index (χ3v) is 3.05. The molecule has 0 unspecified atom stereocenters. The number of hydrogen-bond donors (Lipinski definition) is 0. The predicted molar refractivity (Wildman–Crippen MR) is 76.2 cm³/mol. The largest absolute Gasteiger partial charge is 0.573 e. The first-order valence-corrected chi connectivity index (χ1v) is 6.79. The van der Waals surface area contributed by atoms with Crippen molar-refractivity contribution in [2.24, 2.45) is 0 Å². The van der Waals surface area contributed by atoms with Gasteiger partial charge in [0.15, 0.2) is 0 Å². The number of alkyl halides is 3. The minimum atomic E-state index is -4.81. The summed E-state index contributed by atoms with van der Waals surface area (Å²) in [5.41, 5.74) is 0.844. The molecule has 0 saturated carbocycles. The number of aldehydes is 1. The van der Waals surface area contributed by atoms with Crippen molar-refractivity contribution in [2.45, 2.75) is 19.3 Å². The molecule has 0 aliphatic carbocycles. The number of carbonyl (C=O) groups is 1. The first-order chi connectivity index (χ1) is 10.9. The molecule has 5 nitrogen and oxygen atoms in total. The lowest BCUT2D eigenvalue weighted by molar-refractivity contribution is -0.274. The molecule has 1 aromatic carbocycles. The monoisotopic (exact) mass is 328 g/mol. The second kappa shape index (κ2) is 7.28. The summed E-state index contributed by atoms with van der Waals surface area (Å²) in [6.45, 7) is 1.12. The summed E-state index contributed by atoms with van der Waals surface area (Å²) in [7, 11) is 1.58. The van der Waals surface area contributed by atoms with E-state index < -0.39 is 6.36 Å². The molecule has 0 radical (unpaired) electrons. The second-order valence-electron chi connectivity index (χ2n) is 4.76. The number of rotatable bonds is 7. The summed E-state index contributed by atoms with van der Waals surface area (Å²) in [5.74, 6) is -0.375. The summed E-state index contributed by atoms with van der Waals surface area (Å²) >= 11 is 0. The normalized spacial score (nSPS) is 11.5. The smallest absolute Gasteiger partial charge is 0.405 e. The lowest BCUT2D eigenvalue weighted by atomic mass is 10.1. The number of aromatic nitrogens is 2. The maximum absolute atomic E-state index is 12.5. The van der Waals surface area contributed by atoms with Crippen molar-refractivity contribution < 1.29 is 27.4 Å². The lowest BCUT2D eigenvalue weighted by Gasteiger charge is -2.12. The zero-order valence-electron chi connectivity index (χ0n) is 12.3. The van der Waals surface area contributed by atoms with Crippen molar-refractivity contribution >= 4 is 6.29 Å². The van der Waals surface area contributed by atoms with E-state index in [1.165, 1.54) is 18.3 Å². The van der Waals surface area contributed by atoms with Crippen molar-refractivity contribution in [3.63, 3.8) is 0 Å². The number of methoxy groups -OCH3 is 1. The van der Waals surface area contributed by atoms with Crippen LogP contribution < -0.4 is 4.74 Å². The van der Waals surface area contributed by atoms with Gasteiger partial charge in [0.05, 0.1) is 6.20 Å². The molecule has 2 aromatic rings. The molecule has 0 saturated heterocycles. The molecular weight excluding hydrogens is 313 g/mol. The van der Waals surface area contributed by atoms with E-state index in [-0.39, 0.29) is 16.9 Å². The van der Waals surface area contributed by atoms with E-state index in [1.807, 2.05) is 0 Å². The molecule has 0 atom stereocenters. The van der Waals surface area contributed by atoms with Crippen LogP contribution in [0.2, 0.25) is 0 Å². The standard InChI is InChI=1S/C15H15F3N2O3/c1-22-6-2-5-20-9-12(8-19-20)13-7-11(10-21)3-4-14(13)23-15(16,17)18/h3-4,7-10H,2,5-6H2,1H3. The molecule has 23 heavy (non-hydrogen) atoms. The van der Waals surface area contributed by atoms with Gasteiger partial charge in [-0.2, -0.15) is 5.10 Å². The fraction of sp³-hybridized carbons (Fsp3) is 0.333. The summed E-state index contributed by atoms with van der Waals surface area (Å²) in [6, 6.07) is 3.72. The Morgan fingerprint density at radius 1 is 1.35 bits per heavy atom. The van der Waals surface area contributed by atoms with Crippen LogP contribution in [0.1, 0.15) is 16.8 Å². The Morgan fingerprint density at radius 2 is 2.13 bits per heavy atom. The molecule has 0 aliphatic heterocycles. The topological polar surface area (TPSA) is 53.4 Å². The van der Waals surface area contributed by atoms with Gasteiger partial charge in [-0.3, -0.25) is 9.48 Å². The van der Waals surface area contributed by atoms with Crippen molar-refractivity contribution in [1.29, 1.82) is 0 Å². The Morgan fingerprint density at radius 3 is 2.78 bits per heavy atom. The molecule has 0 fully saturated rings. The number of halogens is 3. The van der Waals surface area contributed by atoms with Crippen molar-refractivity contribution in [3.05, 3.63) is 36.2 Å². The Balaban J connectivity index is 2.30. The molecule has 1 aromatic heterocycles. The van der Waals surface area contributed by atoms with Crippen molar-refractivity contribution in [2.75, 3.05) is 13.7 Å². The van der Waals surface area contributed by atoms with Gasteiger partial charge in [-0.05, 0) is 24.6 Å². The third kappa shape index (κ3) is 4.82. The average Bonchev–Trinajstić information content (AvgIpc) is 2.95. The SMILES string of the molecule is COCCCn1cc(-c2cc(C=O)ccc2OC(F)(F)F)cn1. The van der Waals surface area contributed by atoms with Gasteiger partial charge in [0.1, 0.15) is 12.0 Å². The van der Waals surface area contributed by atoms with Gasteiger partial charge in [-0.1, -0.05) is 0 Å². The quantitative estimate of drug-likeness (QED) is 0.578. The summed E-state index contributed by atoms with van der Waals surface area (Å²) in [4.78, 5) is 10.9. The van der Waals surface area contributed by atoms with E-state index in [4.69, 9.17) is 4.74 Å². The van der Waals surface area contributed by atoms with E-state index >= 15 is 0 Å². The molecular formula is C15H15F3N2O3. The summed E-state index contributed by atoms with van der Waals surface area (Å²) in [5, 5.41) is 4.09. The Labute approximate surface area is 130 Å². The molecule has 0 aliphatic rings. The van der Waals surface area contributed by atoms with E-state index in [2.05, 4.69) is 9.84 Å². The van der Waals surface area contributed by atoms with Crippen LogP contribution in [0, 0.1) is 0 Å². The molecule has 1 heterocycles. The van der Waals surface area contributed by atoms with Crippen LogP contribution >= 0.6 is 0 Å². The van der Waals surface area contributed by atoms with Gasteiger partial charge in [-0.25, -0.2) is 0 Å². The zero-order valence-corrected chi connectivity index (χ0v) is 12.3. The maximum atomic E-state index is 12.5. The fourth-order valence-corrected chi connectivity index (χ4v) is 2.06. The van der Waals surface area contributed by atoms with Gasteiger partial charge in [0, 0.05) is 43.1 Å². The highest BCUT2D eigenvalue weighted by atomic mass is 19.4. The van der Waals surface area contributed by atoms with Crippen LogP contribution in [0.3, 0.4) is 0 Å². The minimum Gasteiger partial charge on any atom is -0.405 e. The number of benzene rings is 1. The number of hydrogen-bond acceptors (Lipinski definition) is 4. The van der Waals surface area contributed by atoms with Gasteiger partial charge in [-0.15, -0.1) is 13.2 Å². The lowest BCUT2D eigenvalue weighted by Crippen LogP contribution is -2.17. The Bertz CT molecular complexity index is 668. The summed E-state index contributed by atoms with van der Waals surface area (Å²) in [6.07, 6.45) is -0.504. The summed E-state index contributed by atoms with van der Waals surface area (Å²) < 4.78 is 48.1. The van der Waals surface area contributed by atoms with Crippen LogP contribution in [0.15, 0.2) is 30.6 Å². The Kier molecular flexibility index (Phi) is 5.38. The highest BCUT2D eigenvalue weighted by Gasteiger charge is 2.32. The number of carbonyl (C=O) groups excluding carboxylic acids is 1. The van der Waals surface area contributed by atoms with Crippen LogP contribution in [0.5, 0.6) is 5.75 Å². The Hall–Kier alpha value is -2.35. The number of ether oxygens (including phenoxy) is 2. The van der Waals surface area contributed by atoms with Crippen LogP contribution in [-0.2, 0) is 11.3 Å². The fourth-order valence-electron chi connectivity index (χ4n) is 2.06. The van der Waals surface area contributed by atoms with E-state index in [1.54, 1.807) is 18.0 Å². The van der Waals surface area contributed by atoms with Crippen molar-refractivity contribution in [3.8, 4) is 16.9 Å². The maximum Gasteiger partial charge on any atom is 0.573 e. The second-order valence-corrected chi connectivity index (χ2v) is 4.76. The molecule has 2 rings (SSSR count). The number of aryl methyl sites for hydroxylation is 1. The highest BCUT2D eigenvalue weighted by Crippen LogP contribution is 2.34.